The van der Waals surface area contributed by atoms with Gasteiger partial charge in [0.25, 0.3) is 0 Å². The minimum atomic E-state index is -0.161. The second-order valence-corrected chi connectivity index (χ2v) is 6.48. The van der Waals surface area contributed by atoms with Crippen molar-refractivity contribution < 1.29 is 14.3 Å². The molecule has 4 nitrogen and oxygen atoms in total. The van der Waals surface area contributed by atoms with Gasteiger partial charge in [0.05, 0.1) is 12.7 Å². The number of amides is 1. The average molecular weight is 353 g/mol. The lowest BCUT2D eigenvalue weighted by Crippen LogP contribution is -2.14. The Bertz CT molecular complexity index is 750. The number of carbonyl (C=O) groups is 2. The summed E-state index contributed by atoms with van der Waals surface area (Å²) in [6.45, 7) is 4.09. The van der Waals surface area contributed by atoms with E-state index in [1.54, 1.807) is 19.2 Å². The second-order valence-electron chi connectivity index (χ2n) is 6.48. The molecule has 2 aromatic rings. The third-order valence-corrected chi connectivity index (χ3v) is 4.29. The quantitative estimate of drug-likeness (QED) is 0.649. The van der Waals surface area contributed by atoms with Crippen LogP contribution in [0.3, 0.4) is 0 Å². The molecule has 1 amide bonds. The highest BCUT2D eigenvalue weighted by molar-refractivity contribution is 6.01. The van der Waals surface area contributed by atoms with Gasteiger partial charge < -0.3 is 10.1 Å². The maximum absolute atomic E-state index is 12.4. The van der Waals surface area contributed by atoms with Crippen LogP contribution in [0.1, 0.15) is 54.1 Å². The zero-order chi connectivity index (χ0) is 18.9. The van der Waals surface area contributed by atoms with Crippen molar-refractivity contribution in [1.82, 2.24) is 0 Å². The summed E-state index contributed by atoms with van der Waals surface area (Å²) in [6.07, 6.45) is 3.68. The zero-order valence-corrected chi connectivity index (χ0v) is 15.8. The van der Waals surface area contributed by atoms with Crippen LogP contribution in [-0.4, -0.2) is 18.8 Å². The summed E-state index contributed by atoms with van der Waals surface area (Å²) in [5.41, 5.74) is 3.55. The van der Waals surface area contributed by atoms with Crippen LogP contribution in [0.2, 0.25) is 0 Å². The third kappa shape index (κ3) is 5.73. The molecule has 4 heteroatoms. The number of benzene rings is 2. The molecule has 0 radical (unpaired) electrons. The van der Waals surface area contributed by atoms with E-state index in [0.717, 1.165) is 30.5 Å². The van der Waals surface area contributed by atoms with Gasteiger partial charge in [0.1, 0.15) is 5.75 Å². The zero-order valence-electron chi connectivity index (χ0n) is 15.8. The lowest BCUT2D eigenvalue weighted by atomic mass is 10.0. The van der Waals surface area contributed by atoms with E-state index in [4.69, 9.17) is 4.74 Å². The van der Waals surface area contributed by atoms with Crippen molar-refractivity contribution >= 4 is 17.4 Å². The summed E-state index contributed by atoms with van der Waals surface area (Å²) in [4.78, 5) is 24.6. The highest BCUT2D eigenvalue weighted by Gasteiger charge is 2.14. The summed E-state index contributed by atoms with van der Waals surface area (Å²) in [5, 5.41) is 2.85. The summed E-state index contributed by atoms with van der Waals surface area (Å²) in [7, 11) is 1.54. The van der Waals surface area contributed by atoms with E-state index in [-0.39, 0.29) is 24.5 Å². The number of Topliss-reactive ketones (excluding diaryl/α,β-unsaturated/α-hetero) is 1. The van der Waals surface area contributed by atoms with E-state index in [0.29, 0.717) is 11.3 Å². The summed E-state index contributed by atoms with van der Waals surface area (Å²) < 4.78 is 5.24. The smallest absolute Gasteiger partial charge is 0.224 e. The van der Waals surface area contributed by atoms with Crippen molar-refractivity contribution in [3.63, 3.8) is 0 Å². The number of hydrogen-bond donors (Lipinski definition) is 1. The van der Waals surface area contributed by atoms with Crippen molar-refractivity contribution in [1.29, 1.82) is 0 Å². The maximum atomic E-state index is 12.4. The van der Waals surface area contributed by atoms with Gasteiger partial charge in [-0.15, -0.1) is 0 Å². The number of methoxy groups -OCH3 is 1. The molecule has 0 heterocycles. The van der Waals surface area contributed by atoms with Crippen LogP contribution in [0.25, 0.3) is 0 Å². The number of carbonyl (C=O) groups excluding carboxylic acids is 2. The molecule has 0 fully saturated rings. The molecule has 0 aliphatic rings. The molecule has 2 aromatic carbocycles. The van der Waals surface area contributed by atoms with Gasteiger partial charge in [-0.2, -0.15) is 0 Å². The molecular weight excluding hydrogens is 326 g/mol. The number of ether oxygens (including phenoxy) is 1. The summed E-state index contributed by atoms with van der Waals surface area (Å²) in [5.74, 6) is 0.297. The Morgan fingerprint density at radius 1 is 1.04 bits per heavy atom. The Morgan fingerprint density at radius 2 is 1.77 bits per heavy atom. The van der Waals surface area contributed by atoms with E-state index in [1.807, 2.05) is 37.3 Å². The monoisotopic (exact) mass is 353 g/mol. The number of hydrogen-bond acceptors (Lipinski definition) is 3. The van der Waals surface area contributed by atoms with E-state index in [2.05, 4.69) is 12.2 Å². The standard InChI is InChI=1S/C22H27NO3/c1-4-5-6-17-8-10-18(11-9-17)23-22(25)14-12-20(24)19-15-16(2)7-13-21(19)26-3/h7-11,13,15H,4-6,12,14H2,1-3H3,(H,23,25). The van der Waals surface area contributed by atoms with Gasteiger partial charge in [-0.1, -0.05) is 37.1 Å². The van der Waals surface area contributed by atoms with Crippen molar-refractivity contribution in [2.75, 3.05) is 12.4 Å². The van der Waals surface area contributed by atoms with E-state index >= 15 is 0 Å². The number of anilines is 1. The molecule has 1 N–H and O–H groups in total. The Balaban J connectivity index is 1.88. The van der Waals surface area contributed by atoms with Gasteiger partial charge in [0.15, 0.2) is 5.78 Å². The molecule has 0 unspecified atom stereocenters. The molecule has 0 spiro atoms. The molecule has 0 aromatic heterocycles. The fourth-order valence-electron chi connectivity index (χ4n) is 2.76. The Labute approximate surface area is 155 Å². The van der Waals surface area contributed by atoms with Crippen LogP contribution < -0.4 is 10.1 Å². The number of nitrogens with one attached hydrogen (secondary N) is 1. The first-order chi connectivity index (χ1) is 12.5. The molecule has 0 atom stereocenters. The summed E-state index contributed by atoms with van der Waals surface area (Å²) >= 11 is 0. The first-order valence-corrected chi connectivity index (χ1v) is 9.10. The number of ketones is 1. The molecule has 0 aliphatic carbocycles. The highest BCUT2D eigenvalue weighted by atomic mass is 16.5. The Kier molecular flexibility index (Phi) is 7.39. The fourth-order valence-corrected chi connectivity index (χ4v) is 2.76. The molecule has 0 aliphatic heterocycles. The van der Waals surface area contributed by atoms with E-state index in [9.17, 15) is 9.59 Å². The van der Waals surface area contributed by atoms with Crippen LogP contribution in [-0.2, 0) is 11.2 Å². The number of unbranched alkanes of at least 4 members (excludes halogenated alkanes) is 1. The largest absolute Gasteiger partial charge is 0.496 e. The topological polar surface area (TPSA) is 55.4 Å². The van der Waals surface area contributed by atoms with Gasteiger partial charge in [-0.3, -0.25) is 9.59 Å². The van der Waals surface area contributed by atoms with Gasteiger partial charge in [0.2, 0.25) is 5.91 Å². The highest BCUT2D eigenvalue weighted by Crippen LogP contribution is 2.22. The second kappa shape index (κ2) is 9.76. The molecular formula is C22H27NO3. The Hall–Kier alpha value is -2.62. The van der Waals surface area contributed by atoms with Gasteiger partial charge in [-0.25, -0.2) is 0 Å². The SMILES string of the molecule is CCCCc1ccc(NC(=O)CCC(=O)c2cc(C)ccc2OC)cc1. The van der Waals surface area contributed by atoms with Crippen LogP contribution in [0.4, 0.5) is 5.69 Å². The fraction of sp³-hybridized carbons (Fsp3) is 0.364. The van der Waals surface area contributed by atoms with Crippen molar-refractivity contribution in [2.45, 2.75) is 46.0 Å². The molecule has 138 valence electrons. The minimum absolute atomic E-state index is 0.0874. The van der Waals surface area contributed by atoms with E-state index < -0.39 is 0 Å². The summed E-state index contributed by atoms with van der Waals surface area (Å²) in [6, 6.07) is 13.4. The number of aryl methyl sites for hydroxylation is 2. The lowest BCUT2D eigenvalue weighted by Gasteiger charge is -2.09. The Morgan fingerprint density at radius 3 is 2.42 bits per heavy atom. The van der Waals surface area contributed by atoms with Crippen molar-refractivity contribution in [3.05, 3.63) is 59.2 Å². The van der Waals surface area contributed by atoms with Crippen molar-refractivity contribution in [3.8, 4) is 5.75 Å². The van der Waals surface area contributed by atoms with Crippen LogP contribution in [0, 0.1) is 6.92 Å². The first kappa shape index (κ1) is 19.7. The maximum Gasteiger partial charge on any atom is 0.224 e. The molecule has 0 saturated heterocycles. The number of rotatable bonds is 9. The van der Waals surface area contributed by atoms with Crippen LogP contribution in [0.15, 0.2) is 42.5 Å². The predicted molar refractivity (Wildman–Crippen MR) is 105 cm³/mol. The average Bonchev–Trinajstić information content (AvgIpc) is 2.65. The van der Waals surface area contributed by atoms with Crippen LogP contribution in [0.5, 0.6) is 5.75 Å². The van der Waals surface area contributed by atoms with Crippen LogP contribution >= 0.6 is 0 Å². The minimum Gasteiger partial charge on any atom is -0.496 e. The first-order valence-electron chi connectivity index (χ1n) is 9.10. The normalized spacial score (nSPS) is 10.4. The van der Waals surface area contributed by atoms with Gasteiger partial charge in [0, 0.05) is 18.5 Å². The molecule has 0 saturated carbocycles. The molecule has 26 heavy (non-hydrogen) atoms. The molecule has 2 rings (SSSR count). The van der Waals surface area contributed by atoms with Crippen molar-refractivity contribution in [2.24, 2.45) is 0 Å². The predicted octanol–water partition coefficient (Wildman–Crippen LogP) is 4.95. The molecule has 0 bridgehead atoms. The lowest BCUT2D eigenvalue weighted by molar-refractivity contribution is -0.116. The van der Waals surface area contributed by atoms with Gasteiger partial charge >= 0.3 is 0 Å². The third-order valence-electron chi connectivity index (χ3n) is 4.29. The van der Waals surface area contributed by atoms with Gasteiger partial charge in [-0.05, 0) is 49.6 Å². The van der Waals surface area contributed by atoms with E-state index in [1.165, 1.54) is 5.56 Å².